The molecule has 1 rings (SSSR count). The van der Waals surface area contributed by atoms with Gasteiger partial charge in [-0.05, 0) is 12.8 Å². The van der Waals surface area contributed by atoms with Crippen LogP contribution in [0.25, 0.3) is 0 Å². The molecule has 0 aromatic rings. The highest BCUT2D eigenvalue weighted by atomic mass is 35.5. The number of hydrogen-bond acceptors (Lipinski definition) is 4. The molecular formula is C11H23ClN2O3S. The van der Waals surface area contributed by atoms with Gasteiger partial charge >= 0.3 is 0 Å². The van der Waals surface area contributed by atoms with E-state index < -0.39 is 9.84 Å². The highest BCUT2D eigenvalue weighted by Gasteiger charge is 2.27. The van der Waals surface area contributed by atoms with Gasteiger partial charge in [-0.1, -0.05) is 13.8 Å². The molecule has 7 heteroatoms. The number of nitrogens with zero attached hydrogens (tertiary/aromatic N) is 1. The van der Waals surface area contributed by atoms with E-state index in [1.165, 1.54) is 0 Å². The van der Waals surface area contributed by atoms with Crippen molar-refractivity contribution in [3.8, 4) is 0 Å². The summed E-state index contributed by atoms with van der Waals surface area (Å²) in [5.74, 6) is -0.470. The number of halogens is 1. The molecule has 0 unspecified atom stereocenters. The van der Waals surface area contributed by atoms with Gasteiger partial charge in [-0.25, -0.2) is 8.42 Å². The van der Waals surface area contributed by atoms with Crippen molar-refractivity contribution >= 4 is 28.2 Å². The molecule has 0 spiro atoms. The highest BCUT2D eigenvalue weighted by Crippen LogP contribution is 2.07. The predicted molar refractivity (Wildman–Crippen MR) is 74.8 cm³/mol. The first-order chi connectivity index (χ1) is 7.82. The fraction of sp³-hybridized carbons (Fsp3) is 0.909. The Kier molecular flexibility index (Phi) is 7.17. The summed E-state index contributed by atoms with van der Waals surface area (Å²) in [7, 11) is -3.26. The zero-order valence-electron chi connectivity index (χ0n) is 11.2. The molecular weight excluding hydrogens is 276 g/mol. The van der Waals surface area contributed by atoms with Crippen LogP contribution in [-0.4, -0.2) is 56.4 Å². The van der Waals surface area contributed by atoms with E-state index in [0.29, 0.717) is 6.54 Å². The third kappa shape index (κ3) is 5.54. The molecule has 0 bridgehead atoms. The SMILES string of the molecule is CC(C)CS(=O)(=O)CC(=O)N1CCNC[C@H]1C.Cl. The normalized spacial score (nSPS) is 20.7. The lowest BCUT2D eigenvalue weighted by Crippen LogP contribution is -2.53. The third-order valence-electron chi connectivity index (χ3n) is 2.75. The Hall–Kier alpha value is -0.330. The number of carbonyl (C=O) groups is 1. The van der Waals surface area contributed by atoms with Crippen LogP contribution in [0.5, 0.6) is 0 Å². The zero-order chi connectivity index (χ0) is 13.1. The topological polar surface area (TPSA) is 66.5 Å². The Bertz CT molecular complexity index is 370. The number of carbonyl (C=O) groups excluding carboxylic acids is 1. The van der Waals surface area contributed by atoms with Gasteiger partial charge in [0.05, 0.1) is 5.75 Å². The fourth-order valence-electron chi connectivity index (χ4n) is 2.05. The maximum absolute atomic E-state index is 11.9. The summed E-state index contributed by atoms with van der Waals surface area (Å²) in [6, 6.07) is 0.0745. The number of amides is 1. The molecule has 1 N–H and O–H groups in total. The number of nitrogens with one attached hydrogen (secondary N) is 1. The number of piperazine rings is 1. The summed E-state index contributed by atoms with van der Waals surface area (Å²) in [6.07, 6.45) is 0. The van der Waals surface area contributed by atoms with Gasteiger partial charge < -0.3 is 10.2 Å². The summed E-state index contributed by atoms with van der Waals surface area (Å²) in [5.41, 5.74) is 0. The van der Waals surface area contributed by atoms with Crippen LogP contribution in [0.1, 0.15) is 20.8 Å². The average Bonchev–Trinajstić information content (AvgIpc) is 2.14. The second kappa shape index (κ2) is 7.31. The molecule has 1 saturated heterocycles. The Labute approximate surface area is 116 Å². The number of rotatable bonds is 4. The lowest BCUT2D eigenvalue weighted by atomic mass is 10.2. The minimum atomic E-state index is -3.26. The van der Waals surface area contributed by atoms with Crippen molar-refractivity contribution in [3.63, 3.8) is 0 Å². The monoisotopic (exact) mass is 298 g/mol. The molecule has 0 saturated carbocycles. The number of hydrogen-bond donors (Lipinski definition) is 1. The largest absolute Gasteiger partial charge is 0.337 e. The first kappa shape index (κ1) is 17.7. The molecule has 1 aliphatic heterocycles. The zero-order valence-corrected chi connectivity index (χ0v) is 12.8. The van der Waals surface area contributed by atoms with Crippen LogP contribution >= 0.6 is 12.4 Å². The van der Waals surface area contributed by atoms with Crippen LogP contribution in [0.2, 0.25) is 0 Å². The molecule has 0 aromatic heterocycles. The van der Waals surface area contributed by atoms with Crippen molar-refractivity contribution in [2.24, 2.45) is 5.92 Å². The standard InChI is InChI=1S/C11H22N2O3S.ClH/c1-9(2)7-17(15,16)8-11(14)13-5-4-12-6-10(13)3;/h9-10,12H,4-8H2,1-3H3;1H/t10-;/m1./s1. The van der Waals surface area contributed by atoms with Gasteiger partial charge in [0.25, 0.3) is 0 Å². The van der Waals surface area contributed by atoms with Crippen LogP contribution in [0.4, 0.5) is 0 Å². The van der Waals surface area contributed by atoms with Gasteiger partial charge in [0.2, 0.25) is 5.91 Å². The minimum absolute atomic E-state index is 0. The summed E-state index contributed by atoms with van der Waals surface area (Å²) < 4.78 is 23.5. The molecule has 18 heavy (non-hydrogen) atoms. The second-order valence-electron chi connectivity index (χ2n) is 5.09. The van der Waals surface area contributed by atoms with Gasteiger partial charge in [0, 0.05) is 25.7 Å². The Morgan fingerprint density at radius 1 is 1.44 bits per heavy atom. The summed E-state index contributed by atoms with van der Waals surface area (Å²) in [6.45, 7) is 7.68. The quantitative estimate of drug-likeness (QED) is 0.811. The lowest BCUT2D eigenvalue weighted by Gasteiger charge is -2.34. The van der Waals surface area contributed by atoms with Crippen molar-refractivity contribution < 1.29 is 13.2 Å². The number of sulfone groups is 1. The lowest BCUT2D eigenvalue weighted by molar-refractivity contribution is -0.131. The van der Waals surface area contributed by atoms with Crippen LogP contribution in [0.3, 0.4) is 0 Å². The summed E-state index contributed by atoms with van der Waals surface area (Å²) in [5, 5.41) is 3.17. The molecule has 1 heterocycles. The van der Waals surface area contributed by atoms with Crippen molar-refractivity contribution in [3.05, 3.63) is 0 Å². The van der Waals surface area contributed by atoms with E-state index in [1.54, 1.807) is 4.90 Å². The molecule has 108 valence electrons. The summed E-state index contributed by atoms with van der Waals surface area (Å²) >= 11 is 0. The van der Waals surface area contributed by atoms with Crippen molar-refractivity contribution in [1.82, 2.24) is 10.2 Å². The van der Waals surface area contributed by atoms with Gasteiger partial charge in [0.1, 0.15) is 5.75 Å². The predicted octanol–water partition coefficient (Wildman–Crippen LogP) is 0.299. The van der Waals surface area contributed by atoms with Gasteiger partial charge in [-0.15, -0.1) is 12.4 Å². The average molecular weight is 299 g/mol. The maximum Gasteiger partial charge on any atom is 0.238 e. The van der Waals surface area contributed by atoms with E-state index in [1.807, 2.05) is 20.8 Å². The summed E-state index contributed by atoms with van der Waals surface area (Å²) in [4.78, 5) is 13.6. The molecule has 5 nitrogen and oxygen atoms in total. The van der Waals surface area contributed by atoms with Crippen molar-refractivity contribution in [1.29, 1.82) is 0 Å². The minimum Gasteiger partial charge on any atom is -0.337 e. The van der Waals surface area contributed by atoms with Crippen LogP contribution < -0.4 is 5.32 Å². The third-order valence-corrected chi connectivity index (χ3v) is 4.61. The Balaban J connectivity index is 0.00000289. The Morgan fingerprint density at radius 2 is 2.06 bits per heavy atom. The van der Waals surface area contributed by atoms with Crippen molar-refractivity contribution in [2.45, 2.75) is 26.8 Å². The molecule has 1 fully saturated rings. The van der Waals surface area contributed by atoms with Crippen LogP contribution in [0, 0.1) is 5.92 Å². The molecule has 1 atom stereocenters. The Morgan fingerprint density at radius 3 is 2.56 bits per heavy atom. The molecule has 0 aromatic carbocycles. The van der Waals surface area contributed by atoms with E-state index in [-0.39, 0.29) is 41.8 Å². The first-order valence-corrected chi connectivity index (χ1v) is 7.84. The van der Waals surface area contributed by atoms with Crippen LogP contribution in [0.15, 0.2) is 0 Å². The van der Waals surface area contributed by atoms with E-state index in [0.717, 1.165) is 13.1 Å². The van der Waals surface area contributed by atoms with Gasteiger partial charge in [-0.3, -0.25) is 4.79 Å². The molecule has 0 aliphatic carbocycles. The van der Waals surface area contributed by atoms with E-state index >= 15 is 0 Å². The van der Waals surface area contributed by atoms with Gasteiger partial charge in [-0.2, -0.15) is 0 Å². The van der Waals surface area contributed by atoms with E-state index in [4.69, 9.17) is 0 Å². The maximum atomic E-state index is 11.9. The highest BCUT2D eigenvalue weighted by molar-refractivity contribution is 7.92. The van der Waals surface area contributed by atoms with Crippen molar-refractivity contribution in [2.75, 3.05) is 31.1 Å². The van der Waals surface area contributed by atoms with E-state index in [2.05, 4.69) is 5.32 Å². The molecule has 1 amide bonds. The van der Waals surface area contributed by atoms with E-state index in [9.17, 15) is 13.2 Å². The first-order valence-electron chi connectivity index (χ1n) is 6.02. The van der Waals surface area contributed by atoms with Crippen LogP contribution in [-0.2, 0) is 14.6 Å². The second-order valence-corrected chi connectivity index (χ2v) is 7.20. The van der Waals surface area contributed by atoms with Gasteiger partial charge in [0.15, 0.2) is 9.84 Å². The molecule has 0 radical (unpaired) electrons. The molecule has 1 aliphatic rings. The fourth-order valence-corrected chi connectivity index (χ4v) is 3.73. The smallest absolute Gasteiger partial charge is 0.238 e.